The largest absolute Gasteiger partial charge is 0.353 e. The van der Waals surface area contributed by atoms with Gasteiger partial charge in [0.2, 0.25) is 10.0 Å². The Morgan fingerprint density at radius 1 is 1.25 bits per heavy atom. The Hall–Kier alpha value is -2.76. The number of nitriles is 1. The van der Waals surface area contributed by atoms with Gasteiger partial charge in [0.15, 0.2) is 0 Å². The van der Waals surface area contributed by atoms with E-state index in [-0.39, 0.29) is 17.5 Å². The monoisotopic (exact) mass is 398 g/mol. The van der Waals surface area contributed by atoms with Gasteiger partial charge < -0.3 is 4.90 Å². The summed E-state index contributed by atoms with van der Waals surface area (Å²) in [6.07, 6.45) is 2.31. The van der Waals surface area contributed by atoms with Gasteiger partial charge in [0.05, 0.1) is 10.5 Å². The van der Waals surface area contributed by atoms with E-state index in [1.807, 2.05) is 11.8 Å². The second kappa shape index (κ2) is 7.70. The van der Waals surface area contributed by atoms with E-state index in [0.717, 1.165) is 5.56 Å². The zero-order chi connectivity index (χ0) is 20.5. The third-order valence-electron chi connectivity index (χ3n) is 5.05. The summed E-state index contributed by atoms with van der Waals surface area (Å²) in [5.41, 5.74) is 2.22. The maximum Gasteiger partial charge on any atom is 0.243 e. The molecule has 28 heavy (non-hydrogen) atoms. The number of sulfonamides is 1. The van der Waals surface area contributed by atoms with Crippen LogP contribution in [0.2, 0.25) is 0 Å². The Kier molecular flexibility index (Phi) is 5.49. The van der Waals surface area contributed by atoms with Crippen LogP contribution in [-0.4, -0.2) is 49.7 Å². The van der Waals surface area contributed by atoms with Gasteiger partial charge in [0, 0.05) is 37.4 Å². The van der Waals surface area contributed by atoms with Gasteiger partial charge in [0.1, 0.15) is 18.2 Å². The predicted molar refractivity (Wildman–Crippen MR) is 106 cm³/mol. The number of carbonyl (C=O) groups excluding carboxylic acids is 1. The lowest BCUT2D eigenvalue weighted by molar-refractivity contribution is 0.112. The third kappa shape index (κ3) is 3.51. The van der Waals surface area contributed by atoms with Gasteiger partial charge in [-0.05, 0) is 50.1 Å². The van der Waals surface area contributed by atoms with Crippen molar-refractivity contribution < 1.29 is 13.2 Å². The van der Waals surface area contributed by atoms with Crippen LogP contribution in [0.25, 0.3) is 0 Å². The van der Waals surface area contributed by atoms with Gasteiger partial charge in [-0.3, -0.25) is 4.79 Å². The van der Waals surface area contributed by atoms with Crippen LogP contribution in [-0.2, 0) is 10.0 Å². The topological polar surface area (TPSA) is 94.4 Å². The molecule has 0 aliphatic carbocycles. The summed E-state index contributed by atoms with van der Waals surface area (Å²) in [4.78, 5) is 17.7. The first-order chi connectivity index (χ1) is 13.3. The molecule has 2 aromatic rings. The Morgan fingerprint density at radius 3 is 2.64 bits per heavy atom. The van der Waals surface area contributed by atoms with E-state index < -0.39 is 10.0 Å². The average molecular weight is 398 g/mol. The number of hydrogen-bond acceptors (Lipinski definition) is 6. The number of benzene rings is 1. The maximum atomic E-state index is 13.3. The van der Waals surface area contributed by atoms with Crippen LogP contribution >= 0.6 is 0 Å². The molecule has 3 rings (SSSR count). The molecule has 0 amide bonds. The van der Waals surface area contributed by atoms with E-state index in [1.165, 1.54) is 10.4 Å². The molecule has 0 radical (unpaired) electrons. The molecule has 1 aliphatic rings. The molecular weight excluding hydrogens is 376 g/mol. The van der Waals surface area contributed by atoms with E-state index >= 15 is 0 Å². The molecule has 0 bridgehead atoms. The van der Waals surface area contributed by atoms with Crippen molar-refractivity contribution in [1.82, 2.24) is 9.29 Å². The Bertz CT molecular complexity index is 1060. The Labute approximate surface area is 165 Å². The lowest BCUT2D eigenvalue weighted by Crippen LogP contribution is -2.54. The number of nitrogens with zero attached hydrogens (tertiary/aromatic N) is 4. The highest BCUT2D eigenvalue weighted by molar-refractivity contribution is 7.89. The Morgan fingerprint density at radius 2 is 2.00 bits per heavy atom. The minimum atomic E-state index is -3.75. The summed E-state index contributed by atoms with van der Waals surface area (Å²) in [6.45, 7) is 6.49. The minimum absolute atomic E-state index is 0.163. The van der Waals surface area contributed by atoms with Gasteiger partial charge in [-0.1, -0.05) is 6.07 Å². The van der Waals surface area contributed by atoms with Crippen molar-refractivity contribution in [3.63, 3.8) is 0 Å². The van der Waals surface area contributed by atoms with Gasteiger partial charge in [-0.25, -0.2) is 13.4 Å². The van der Waals surface area contributed by atoms with Crippen molar-refractivity contribution in [2.75, 3.05) is 24.5 Å². The highest BCUT2D eigenvalue weighted by Crippen LogP contribution is 2.28. The van der Waals surface area contributed by atoms with E-state index in [1.54, 1.807) is 38.2 Å². The molecule has 1 fully saturated rings. The zero-order valence-electron chi connectivity index (χ0n) is 16.1. The van der Waals surface area contributed by atoms with Gasteiger partial charge in [0.25, 0.3) is 0 Å². The molecule has 1 saturated heterocycles. The molecule has 146 valence electrons. The average Bonchev–Trinajstić information content (AvgIpc) is 2.67. The first-order valence-corrected chi connectivity index (χ1v) is 10.4. The van der Waals surface area contributed by atoms with Crippen molar-refractivity contribution in [3.05, 3.63) is 52.7 Å². The summed E-state index contributed by atoms with van der Waals surface area (Å²) >= 11 is 0. The molecule has 0 saturated carbocycles. The van der Waals surface area contributed by atoms with Crippen LogP contribution in [0, 0.1) is 25.2 Å². The van der Waals surface area contributed by atoms with Crippen LogP contribution in [0.5, 0.6) is 0 Å². The number of pyridine rings is 1. The number of hydrogen-bond donors (Lipinski definition) is 0. The fraction of sp³-hybridized carbons (Fsp3) is 0.350. The van der Waals surface area contributed by atoms with E-state index in [4.69, 9.17) is 0 Å². The lowest BCUT2D eigenvalue weighted by atomic mass is 10.1. The standard InChI is InChI=1S/C20H22N4O3S/c1-14-9-15(2)19(10-18(14)13-25)28(26,27)24-8-7-23(12-16(24)3)20-17(11-21)5-4-6-22-20/h4-6,9-10,13,16H,7-8,12H2,1-3H3/t16-/m0/s1. The minimum Gasteiger partial charge on any atom is -0.353 e. The molecule has 2 heterocycles. The van der Waals surface area contributed by atoms with Gasteiger partial charge in [-0.15, -0.1) is 0 Å². The SMILES string of the molecule is Cc1cc(C)c(S(=O)(=O)N2CCN(c3ncccc3C#N)C[C@@H]2C)cc1C=O. The number of anilines is 1. The molecule has 1 aromatic carbocycles. The van der Waals surface area contributed by atoms with E-state index in [9.17, 15) is 18.5 Å². The predicted octanol–water partition coefficient (Wildman–Crippen LogP) is 2.28. The van der Waals surface area contributed by atoms with Crippen molar-refractivity contribution in [2.45, 2.75) is 31.7 Å². The van der Waals surface area contributed by atoms with Crippen LogP contribution in [0.3, 0.4) is 0 Å². The first kappa shape index (κ1) is 20.0. The summed E-state index contributed by atoms with van der Waals surface area (Å²) in [5, 5.41) is 9.30. The lowest BCUT2D eigenvalue weighted by Gasteiger charge is -2.39. The summed E-state index contributed by atoms with van der Waals surface area (Å²) in [5.74, 6) is 0.573. The second-order valence-corrected chi connectivity index (χ2v) is 8.85. The van der Waals surface area contributed by atoms with Gasteiger partial charge in [-0.2, -0.15) is 9.57 Å². The van der Waals surface area contributed by atoms with Crippen molar-refractivity contribution in [3.8, 4) is 6.07 Å². The summed E-state index contributed by atoms with van der Waals surface area (Å²) in [7, 11) is -3.75. The maximum absolute atomic E-state index is 13.3. The van der Waals surface area contributed by atoms with Crippen molar-refractivity contribution in [2.24, 2.45) is 0 Å². The number of aryl methyl sites for hydroxylation is 2. The highest BCUT2D eigenvalue weighted by Gasteiger charge is 2.35. The van der Waals surface area contributed by atoms with E-state index in [0.29, 0.717) is 41.9 Å². The van der Waals surface area contributed by atoms with E-state index in [2.05, 4.69) is 11.1 Å². The second-order valence-electron chi connectivity index (χ2n) is 6.99. The van der Waals surface area contributed by atoms with Crippen molar-refractivity contribution >= 4 is 22.1 Å². The smallest absolute Gasteiger partial charge is 0.243 e. The number of carbonyl (C=O) groups is 1. The first-order valence-electron chi connectivity index (χ1n) is 8.98. The fourth-order valence-corrected chi connectivity index (χ4v) is 5.46. The normalized spacial score (nSPS) is 17.9. The zero-order valence-corrected chi connectivity index (χ0v) is 16.9. The molecule has 0 N–H and O–H groups in total. The number of aldehydes is 1. The molecule has 0 spiro atoms. The molecule has 1 aromatic heterocycles. The van der Waals surface area contributed by atoms with Crippen molar-refractivity contribution in [1.29, 1.82) is 5.26 Å². The van der Waals surface area contributed by atoms with Crippen LogP contribution in [0.1, 0.15) is 34.0 Å². The summed E-state index contributed by atoms with van der Waals surface area (Å²) in [6, 6.07) is 8.41. The van der Waals surface area contributed by atoms with Crippen LogP contribution in [0.15, 0.2) is 35.4 Å². The molecule has 8 heteroatoms. The molecule has 1 atom stereocenters. The van der Waals surface area contributed by atoms with Crippen LogP contribution in [0.4, 0.5) is 5.82 Å². The third-order valence-corrected chi connectivity index (χ3v) is 7.21. The molecule has 1 aliphatic heterocycles. The molecule has 7 nitrogen and oxygen atoms in total. The quantitative estimate of drug-likeness (QED) is 0.734. The number of aromatic nitrogens is 1. The number of rotatable bonds is 4. The fourth-order valence-electron chi connectivity index (χ4n) is 3.61. The Balaban J connectivity index is 1.90. The van der Waals surface area contributed by atoms with Gasteiger partial charge >= 0.3 is 0 Å². The highest BCUT2D eigenvalue weighted by atomic mass is 32.2. The summed E-state index contributed by atoms with van der Waals surface area (Å²) < 4.78 is 28.0. The molecular formula is C20H22N4O3S. The number of piperazine rings is 1. The molecule has 0 unspecified atom stereocenters. The van der Waals surface area contributed by atoms with Crippen LogP contribution < -0.4 is 4.90 Å².